The summed E-state index contributed by atoms with van der Waals surface area (Å²) in [4.78, 5) is 2.57. The molecule has 0 aromatic heterocycles. The third-order valence-electron chi connectivity index (χ3n) is 4.05. The van der Waals surface area contributed by atoms with E-state index in [9.17, 15) is 0 Å². The maximum atomic E-state index is 3.44. The van der Waals surface area contributed by atoms with Crippen molar-refractivity contribution in [3.05, 3.63) is 0 Å². The van der Waals surface area contributed by atoms with Crippen LogP contribution in [0, 0.1) is 11.8 Å². The summed E-state index contributed by atoms with van der Waals surface area (Å²) in [7, 11) is 2.30. The van der Waals surface area contributed by atoms with E-state index in [1.54, 1.807) is 0 Å². The summed E-state index contributed by atoms with van der Waals surface area (Å²) in [5, 5.41) is 3.44. The Kier molecular flexibility index (Phi) is 3.45. The number of nitrogens with zero attached hydrogens (tertiary/aromatic N) is 1. The highest BCUT2D eigenvalue weighted by molar-refractivity contribution is 4.84. The van der Waals surface area contributed by atoms with Gasteiger partial charge in [0.05, 0.1) is 0 Å². The molecule has 2 fully saturated rings. The van der Waals surface area contributed by atoms with Gasteiger partial charge in [-0.1, -0.05) is 0 Å². The Bertz CT molecular complexity index is 171. The summed E-state index contributed by atoms with van der Waals surface area (Å²) in [6.45, 7) is 6.19. The van der Waals surface area contributed by atoms with Crippen LogP contribution < -0.4 is 5.32 Å². The fraction of sp³-hybridized carbons (Fsp3) is 1.00. The lowest BCUT2D eigenvalue weighted by atomic mass is 10.0. The molecular formula is C12H24N2. The first-order valence-electron chi connectivity index (χ1n) is 6.18. The SMILES string of the molecule is CC(C1CC1)N(C)CCC1CCNC1. The fourth-order valence-corrected chi connectivity index (χ4v) is 2.49. The van der Waals surface area contributed by atoms with E-state index in [0.29, 0.717) is 0 Å². The van der Waals surface area contributed by atoms with Crippen LogP contribution >= 0.6 is 0 Å². The van der Waals surface area contributed by atoms with Gasteiger partial charge < -0.3 is 10.2 Å². The van der Waals surface area contributed by atoms with Gasteiger partial charge in [-0.2, -0.15) is 0 Å². The molecule has 2 nitrogen and oxygen atoms in total. The molecule has 2 rings (SSSR count). The first-order valence-corrected chi connectivity index (χ1v) is 6.18. The molecule has 1 heterocycles. The molecule has 0 bridgehead atoms. The lowest BCUT2D eigenvalue weighted by Gasteiger charge is -2.25. The number of rotatable bonds is 5. The van der Waals surface area contributed by atoms with E-state index in [-0.39, 0.29) is 0 Å². The van der Waals surface area contributed by atoms with Crippen molar-refractivity contribution < 1.29 is 0 Å². The summed E-state index contributed by atoms with van der Waals surface area (Å²) in [5.41, 5.74) is 0. The molecular weight excluding hydrogens is 172 g/mol. The zero-order valence-electron chi connectivity index (χ0n) is 9.63. The average Bonchev–Trinajstić information content (AvgIpc) is 2.91. The Hall–Kier alpha value is -0.0800. The van der Waals surface area contributed by atoms with Crippen LogP contribution in [0.15, 0.2) is 0 Å². The van der Waals surface area contributed by atoms with Crippen LogP contribution in [0.2, 0.25) is 0 Å². The Labute approximate surface area is 88.1 Å². The Morgan fingerprint density at radius 3 is 2.71 bits per heavy atom. The van der Waals surface area contributed by atoms with E-state index < -0.39 is 0 Å². The smallest absolute Gasteiger partial charge is 0.00921 e. The molecule has 0 amide bonds. The highest BCUT2D eigenvalue weighted by atomic mass is 15.1. The molecule has 2 heteroatoms. The fourth-order valence-electron chi connectivity index (χ4n) is 2.49. The molecule has 1 aliphatic carbocycles. The van der Waals surface area contributed by atoms with Gasteiger partial charge in [0.15, 0.2) is 0 Å². The van der Waals surface area contributed by atoms with Gasteiger partial charge in [0.2, 0.25) is 0 Å². The second kappa shape index (κ2) is 4.63. The van der Waals surface area contributed by atoms with Gasteiger partial charge in [-0.3, -0.25) is 0 Å². The van der Waals surface area contributed by atoms with Gasteiger partial charge in [-0.15, -0.1) is 0 Å². The molecule has 2 unspecified atom stereocenters. The van der Waals surface area contributed by atoms with E-state index in [1.807, 2.05) is 0 Å². The van der Waals surface area contributed by atoms with Crippen molar-refractivity contribution in [1.29, 1.82) is 0 Å². The molecule has 0 radical (unpaired) electrons. The highest BCUT2D eigenvalue weighted by Crippen LogP contribution is 2.34. The van der Waals surface area contributed by atoms with Crippen molar-refractivity contribution in [2.45, 2.75) is 38.6 Å². The molecule has 1 saturated carbocycles. The van der Waals surface area contributed by atoms with E-state index >= 15 is 0 Å². The van der Waals surface area contributed by atoms with E-state index in [1.165, 1.54) is 45.3 Å². The molecule has 1 N–H and O–H groups in total. The van der Waals surface area contributed by atoms with Crippen molar-refractivity contribution in [2.75, 3.05) is 26.7 Å². The van der Waals surface area contributed by atoms with Crippen molar-refractivity contribution in [3.63, 3.8) is 0 Å². The second-order valence-electron chi connectivity index (χ2n) is 5.21. The summed E-state index contributed by atoms with van der Waals surface area (Å²) >= 11 is 0. The minimum atomic E-state index is 0.823. The Morgan fingerprint density at radius 2 is 2.14 bits per heavy atom. The standard InChI is InChI=1S/C12H24N2/c1-10(12-3-4-12)14(2)8-6-11-5-7-13-9-11/h10-13H,3-9H2,1-2H3. The normalized spacial score (nSPS) is 29.8. The predicted octanol–water partition coefficient (Wildman–Crippen LogP) is 1.72. The van der Waals surface area contributed by atoms with Crippen molar-refractivity contribution in [3.8, 4) is 0 Å². The Morgan fingerprint density at radius 1 is 1.36 bits per heavy atom. The van der Waals surface area contributed by atoms with Gasteiger partial charge >= 0.3 is 0 Å². The minimum Gasteiger partial charge on any atom is -0.316 e. The van der Waals surface area contributed by atoms with Crippen LogP contribution in [0.25, 0.3) is 0 Å². The second-order valence-corrected chi connectivity index (χ2v) is 5.21. The largest absolute Gasteiger partial charge is 0.316 e. The highest BCUT2D eigenvalue weighted by Gasteiger charge is 2.30. The third kappa shape index (κ3) is 2.71. The van der Waals surface area contributed by atoms with Gasteiger partial charge in [-0.25, -0.2) is 0 Å². The molecule has 0 aromatic carbocycles. The van der Waals surface area contributed by atoms with E-state index in [4.69, 9.17) is 0 Å². The molecule has 0 spiro atoms. The van der Waals surface area contributed by atoms with Crippen LogP contribution in [-0.2, 0) is 0 Å². The van der Waals surface area contributed by atoms with Gasteiger partial charge in [0, 0.05) is 6.04 Å². The number of hydrogen-bond donors (Lipinski definition) is 1. The molecule has 0 aromatic rings. The minimum absolute atomic E-state index is 0.823. The Balaban J connectivity index is 1.63. The van der Waals surface area contributed by atoms with Gasteiger partial charge in [0.1, 0.15) is 0 Å². The lowest BCUT2D eigenvalue weighted by molar-refractivity contribution is 0.220. The summed E-state index contributed by atoms with van der Waals surface area (Å²) in [6, 6.07) is 0.823. The number of nitrogens with one attached hydrogen (secondary N) is 1. The van der Waals surface area contributed by atoms with E-state index in [0.717, 1.165) is 17.9 Å². The summed E-state index contributed by atoms with van der Waals surface area (Å²) in [5.74, 6) is 1.96. The van der Waals surface area contributed by atoms with E-state index in [2.05, 4.69) is 24.2 Å². The third-order valence-corrected chi connectivity index (χ3v) is 4.05. The molecule has 1 aliphatic heterocycles. The monoisotopic (exact) mass is 196 g/mol. The maximum absolute atomic E-state index is 3.44. The first-order chi connectivity index (χ1) is 6.77. The summed E-state index contributed by atoms with van der Waals surface area (Å²) in [6.07, 6.45) is 5.72. The molecule has 14 heavy (non-hydrogen) atoms. The van der Waals surface area contributed by atoms with Gasteiger partial charge in [-0.05, 0) is 71.1 Å². The lowest BCUT2D eigenvalue weighted by Crippen LogP contribution is -2.32. The maximum Gasteiger partial charge on any atom is 0.00921 e. The average molecular weight is 196 g/mol. The predicted molar refractivity (Wildman–Crippen MR) is 60.4 cm³/mol. The van der Waals surface area contributed by atoms with Crippen molar-refractivity contribution in [2.24, 2.45) is 11.8 Å². The molecule has 2 atom stereocenters. The topological polar surface area (TPSA) is 15.3 Å². The van der Waals surface area contributed by atoms with Crippen LogP contribution in [0.5, 0.6) is 0 Å². The first kappa shape index (κ1) is 10.4. The van der Waals surface area contributed by atoms with Crippen molar-refractivity contribution >= 4 is 0 Å². The van der Waals surface area contributed by atoms with Crippen LogP contribution in [0.1, 0.15) is 32.6 Å². The quantitative estimate of drug-likeness (QED) is 0.720. The van der Waals surface area contributed by atoms with Gasteiger partial charge in [0.25, 0.3) is 0 Å². The zero-order chi connectivity index (χ0) is 9.97. The number of hydrogen-bond acceptors (Lipinski definition) is 2. The molecule has 2 aliphatic rings. The van der Waals surface area contributed by atoms with Crippen LogP contribution in [0.3, 0.4) is 0 Å². The molecule has 82 valence electrons. The van der Waals surface area contributed by atoms with Crippen molar-refractivity contribution in [1.82, 2.24) is 10.2 Å². The zero-order valence-corrected chi connectivity index (χ0v) is 9.63. The molecule has 1 saturated heterocycles. The van der Waals surface area contributed by atoms with Crippen LogP contribution in [-0.4, -0.2) is 37.6 Å². The van der Waals surface area contributed by atoms with Crippen LogP contribution in [0.4, 0.5) is 0 Å². The summed E-state index contributed by atoms with van der Waals surface area (Å²) < 4.78 is 0.